The van der Waals surface area contributed by atoms with Gasteiger partial charge in [0.05, 0.1) is 23.8 Å². The zero-order valence-corrected chi connectivity index (χ0v) is 26.6. The number of aromatic carboxylic acids is 1. The maximum absolute atomic E-state index is 12.5. The van der Waals surface area contributed by atoms with Gasteiger partial charge in [-0.25, -0.2) is 9.59 Å². The highest BCUT2D eigenvalue weighted by Gasteiger charge is 2.24. The monoisotopic (exact) mass is 643 g/mol. The van der Waals surface area contributed by atoms with Crippen LogP contribution in [0.1, 0.15) is 47.2 Å². The Balaban J connectivity index is 0.973. The number of carboxylic acids is 1. The van der Waals surface area contributed by atoms with E-state index in [-0.39, 0.29) is 41.8 Å². The Morgan fingerprint density at radius 1 is 0.729 bits per heavy atom. The van der Waals surface area contributed by atoms with Crippen LogP contribution in [-0.2, 0) is 11.2 Å². The van der Waals surface area contributed by atoms with E-state index < -0.39 is 5.97 Å². The first-order valence-corrected chi connectivity index (χ1v) is 16.0. The zero-order valence-electron chi connectivity index (χ0n) is 26.6. The molecule has 0 radical (unpaired) electrons. The van der Waals surface area contributed by atoms with Crippen LogP contribution in [-0.4, -0.2) is 35.2 Å². The first kappa shape index (κ1) is 32.1. The lowest BCUT2D eigenvalue weighted by Gasteiger charge is -2.29. The number of benzene rings is 5. The fourth-order valence-electron chi connectivity index (χ4n) is 5.82. The van der Waals surface area contributed by atoms with E-state index in [0.717, 1.165) is 59.0 Å². The Bertz CT molecular complexity index is 1920. The molecule has 4 N–H and O–H groups in total. The van der Waals surface area contributed by atoms with Crippen LogP contribution in [0.15, 0.2) is 109 Å². The highest BCUT2D eigenvalue weighted by molar-refractivity contribution is 6.01. The molecule has 6 rings (SSSR count). The second kappa shape index (κ2) is 14.7. The second-order valence-electron chi connectivity index (χ2n) is 12.0. The fraction of sp³-hybridized carbons (Fsp3) is 0.205. The predicted molar refractivity (Wildman–Crippen MR) is 186 cm³/mol. The molecule has 0 aromatic heterocycles. The highest BCUT2D eigenvalue weighted by Crippen LogP contribution is 2.30. The molecule has 0 saturated heterocycles. The summed E-state index contributed by atoms with van der Waals surface area (Å²) in [5, 5.41) is 20.1. The maximum atomic E-state index is 12.5. The third-order valence-corrected chi connectivity index (χ3v) is 8.36. The molecular formula is C39H37N3O6. The van der Waals surface area contributed by atoms with E-state index in [9.17, 15) is 19.5 Å². The van der Waals surface area contributed by atoms with Gasteiger partial charge in [0.1, 0.15) is 17.2 Å². The number of fused-ring (bicyclic) bond motifs is 1. The van der Waals surface area contributed by atoms with Crippen molar-refractivity contribution in [3.8, 4) is 17.2 Å². The molecule has 244 valence electrons. The van der Waals surface area contributed by atoms with Gasteiger partial charge >= 0.3 is 12.0 Å². The Hall–Kier alpha value is -5.83. The molecule has 1 fully saturated rings. The van der Waals surface area contributed by atoms with E-state index >= 15 is 0 Å². The first-order valence-electron chi connectivity index (χ1n) is 16.0. The number of para-hydroxylation sites is 1. The number of aryl methyl sites for hydroxylation is 1. The number of ether oxygens (including phenoxy) is 2. The molecule has 1 aliphatic rings. The van der Waals surface area contributed by atoms with Crippen LogP contribution in [0.3, 0.4) is 0 Å². The molecule has 0 bridgehead atoms. The van der Waals surface area contributed by atoms with Gasteiger partial charge in [0.15, 0.2) is 0 Å². The molecule has 0 spiro atoms. The summed E-state index contributed by atoms with van der Waals surface area (Å²) in [6, 6.07) is 33.1. The van der Waals surface area contributed by atoms with Crippen LogP contribution in [0.5, 0.6) is 17.2 Å². The van der Waals surface area contributed by atoms with Crippen molar-refractivity contribution in [3.63, 3.8) is 0 Å². The molecule has 3 amide bonds. The summed E-state index contributed by atoms with van der Waals surface area (Å²) < 4.78 is 12.4. The van der Waals surface area contributed by atoms with Crippen molar-refractivity contribution in [3.05, 3.63) is 126 Å². The number of nitrogens with one attached hydrogen (secondary N) is 3. The minimum atomic E-state index is -1.10. The van der Waals surface area contributed by atoms with Crippen molar-refractivity contribution in [1.82, 2.24) is 5.32 Å². The van der Waals surface area contributed by atoms with Gasteiger partial charge in [-0.05, 0) is 110 Å². The molecule has 9 heteroatoms. The second-order valence-corrected chi connectivity index (χ2v) is 12.0. The van der Waals surface area contributed by atoms with Crippen LogP contribution in [0, 0.1) is 6.92 Å². The lowest BCUT2D eigenvalue weighted by atomic mass is 9.93. The maximum Gasteiger partial charge on any atom is 0.337 e. The lowest BCUT2D eigenvalue weighted by molar-refractivity contribution is -0.115. The average molecular weight is 644 g/mol. The standard InChI is InChI=1S/C39H37N3O6/c1-25-6-12-29(13-7-25)40-39(46)41-30-14-20-32(21-15-30)48-34-19-11-27-23-33(18-10-28(27)24-34)47-31-16-8-26(9-17-31)22-37(43)42-36-5-3-2-4-35(36)38(44)45/h2-13,16-19,23-24,30,32H,14-15,20-22H2,1H3,(H,42,43)(H,44,45)(H2,40,41,46). The van der Waals surface area contributed by atoms with Crippen LogP contribution in [0.25, 0.3) is 10.8 Å². The first-order chi connectivity index (χ1) is 23.3. The predicted octanol–water partition coefficient (Wildman–Crippen LogP) is 8.33. The quantitative estimate of drug-likeness (QED) is 0.121. The third kappa shape index (κ3) is 8.50. The summed E-state index contributed by atoms with van der Waals surface area (Å²) >= 11 is 0. The van der Waals surface area contributed by atoms with Gasteiger partial charge in [0, 0.05) is 11.7 Å². The molecule has 1 saturated carbocycles. The lowest BCUT2D eigenvalue weighted by Crippen LogP contribution is -2.41. The zero-order chi connectivity index (χ0) is 33.5. The number of carbonyl (C=O) groups excluding carboxylic acids is 2. The van der Waals surface area contributed by atoms with E-state index in [2.05, 4.69) is 16.0 Å². The summed E-state index contributed by atoms with van der Waals surface area (Å²) in [6.45, 7) is 2.01. The third-order valence-electron chi connectivity index (χ3n) is 8.36. The van der Waals surface area contributed by atoms with E-state index in [1.807, 2.05) is 79.7 Å². The smallest absolute Gasteiger partial charge is 0.337 e. The van der Waals surface area contributed by atoms with E-state index in [1.54, 1.807) is 30.3 Å². The van der Waals surface area contributed by atoms with Crippen molar-refractivity contribution in [2.75, 3.05) is 10.6 Å². The molecule has 1 aliphatic carbocycles. The number of anilines is 2. The summed E-state index contributed by atoms with van der Waals surface area (Å²) in [4.78, 5) is 36.4. The van der Waals surface area contributed by atoms with Gasteiger partial charge in [0.2, 0.25) is 5.91 Å². The molecule has 0 aliphatic heterocycles. The summed E-state index contributed by atoms with van der Waals surface area (Å²) in [5.41, 5.74) is 3.01. The molecular weight excluding hydrogens is 606 g/mol. The van der Waals surface area contributed by atoms with Crippen LogP contribution in [0.4, 0.5) is 16.2 Å². The molecule has 0 unspecified atom stereocenters. The van der Waals surface area contributed by atoms with Gasteiger partial charge < -0.3 is 30.5 Å². The van der Waals surface area contributed by atoms with Crippen molar-refractivity contribution in [2.45, 2.75) is 51.2 Å². The Morgan fingerprint density at radius 3 is 2.08 bits per heavy atom. The number of urea groups is 1. The topological polar surface area (TPSA) is 126 Å². The van der Waals surface area contributed by atoms with Crippen LogP contribution < -0.4 is 25.4 Å². The average Bonchev–Trinajstić information content (AvgIpc) is 3.08. The minimum Gasteiger partial charge on any atom is -0.490 e. The molecule has 5 aromatic rings. The minimum absolute atomic E-state index is 0.0439. The van der Waals surface area contributed by atoms with E-state index in [1.165, 1.54) is 6.07 Å². The molecule has 48 heavy (non-hydrogen) atoms. The number of amides is 3. The summed E-state index contributed by atoms with van der Waals surface area (Å²) in [5.74, 6) is 0.728. The van der Waals surface area contributed by atoms with Gasteiger partial charge in [0.25, 0.3) is 0 Å². The number of carboxylic acid groups (broad SMARTS) is 1. The van der Waals surface area contributed by atoms with Gasteiger partial charge in [-0.1, -0.05) is 54.1 Å². The molecule has 5 aromatic carbocycles. The molecule has 0 atom stereocenters. The van der Waals surface area contributed by atoms with Crippen molar-refractivity contribution in [1.29, 1.82) is 0 Å². The van der Waals surface area contributed by atoms with Crippen molar-refractivity contribution >= 4 is 40.1 Å². The number of rotatable bonds is 10. The van der Waals surface area contributed by atoms with E-state index in [4.69, 9.17) is 9.47 Å². The fourth-order valence-corrected chi connectivity index (χ4v) is 5.82. The van der Waals surface area contributed by atoms with Crippen LogP contribution >= 0.6 is 0 Å². The normalized spacial score (nSPS) is 15.7. The molecule has 0 heterocycles. The van der Waals surface area contributed by atoms with Gasteiger partial charge in [-0.2, -0.15) is 0 Å². The number of hydrogen-bond donors (Lipinski definition) is 4. The number of carbonyl (C=O) groups is 3. The largest absolute Gasteiger partial charge is 0.490 e. The Labute approximate surface area is 278 Å². The highest BCUT2D eigenvalue weighted by atomic mass is 16.5. The van der Waals surface area contributed by atoms with Gasteiger partial charge in [-0.3, -0.25) is 4.79 Å². The summed E-state index contributed by atoms with van der Waals surface area (Å²) in [6.07, 6.45) is 3.63. The SMILES string of the molecule is Cc1ccc(NC(=O)NC2CCC(Oc3ccc4cc(Oc5ccc(CC(=O)Nc6ccccc6C(=O)O)cc5)ccc4c3)CC2)cc1. The van der Waals surface area contributed by atoms with E-state index in [0.29, 0.717) is 11.5 Å². The van der Waals surface area contributed by atoms with Crippen LogP contribution in [0.2, 0.25) is 0 Å². The van der Waals surface area contributed by atoms with Gasteiger partial charge in [-0.15, -0.1) is 0 Å². The number of hydrogen-bond acceptors (Lipinski definition) is 5. The van der Waals surface area contributed by atoms with Crippen molar-refractivity contribution < 1.29 is 29.0 Å². The summed E-state index contributed by atoms with van der Waals surface area (Å²) in [7, 11) is 0. The van der Waals surface area contributed by atoms with Crippen molar-refractivity contribution in [2.24, 2.45) is 0 Å². The Kier molecular flexibility index (Phi) is 9.85. The molecule has 9 nitrogen and oxygen atoms in total. The Morgan fingerprint density at radius 2 is 1.38 bits per heavy atom.